The summed E-state index contributed by atoms with van der Waals surface area (Å²) in [7, 11) is 0. The second kappa shape index (κ2) is 10.0. The number of nitrogens with one attached hydrogen (secondary N) is 2. The van der Waals surface area contributed by atoms with Gasteiger partial charge in [-0.25, -0.2) is 0 Å². The molecule has 0 bridgehead atoms. The van der Waals surface area contributed by atoms with Gasteiger partial charge >= 0.3 is 0 Å². The number of carbonyl (C=O) groups is 1. The Bertz CT molecular complexity index is 738. The van der Waals surface area contributed by atoms with E-state index in [0.717, 1.165) is 17.0 Å². The van der Waals surface area contributed by atoms with Crippen LogP contribution in [0.5, 0.6) is 11.5 Å². The van der Waals surface area contributed by atoms with Gasteiger partial charge in [0.25, 0.3) is 0 Å². The molecule has 0 atom stereocenters. The molecule has 2 aromatic carbocycles. The molecular weight excluding hydrogens is 316 g/mol. The fourth-order valence-electron chi connectivity index (χ4n) is 2.24. The Morgan fingerprint density at radius 2 is 2.00 bits per heavy atom. The summed E-state index contributed by atoms with van der Waals surface area (Å²) in [4.78, 5) is 11.1. The van der Waals surface area contributed by atoms with Gasteiger partial charge in [-0.3, -0.25) is 4.79 Å². The molecule has 0 aliphatic carbocycles. The van der Waals surface area contributed by atoms with Crippen molar-refractivity contribution in [3.05, 3.63) is 54.1 Å². The Morgan fingerprint density at radius 1 is 1.16 bits per heavy atom. The summed E-state index contributed by atoms with van der Waals surface area (Å²) in [5, 5.41) is 6.04. The van der Waals surface area contributed by atoms with Gasteiger partial charge in [-0.05, 0) is 18.2 Å². The number of anilines is 1. The van der Waals surface area contributed by atoms with Crippen molar-refractivity contribution >= 4 is 11.6 Å². The van der Waals surface area contributed by atoms with Crippen LogP contribution >= 0.6 is 0 Å². The molecule has 0 saturated heterocycles. The number of ether oxygens (including phenoxy) is 2. The summed E-state index contributed by atoms with van der Waals surface area (Å²) in [6.45, 7) is 3.58. The molecule has 25 heavy (non-hydrogen) atoms. The molecule has 2 rings (SSSR count). The molecule has 2 N–H and O–H groups in total. The van der Waals surface area contributed by atoms with Crippen LogP contribution in [0.2, 0.25) is 0 Å². The van der Waals surface area contributed by atoms with E-state index in [9.17, 15) is 4.79 Å². The topological polar surface area (TPSA) is 59.6 Å². The molecule has 0 fully saturated rings. The van der Waals surface area contributed by atoms with Crippen LogP contribution in [-0.4, -0.2) is 25.7 Å². The zero-order valence-corrected chi connectivity index (χ0v) is 14.2. The van der Waals surface area contributed by atoms with Crippen molar-refractivity contribution in [1.82, 2.24) is 5.32 Å². The Morgan fingerprint density at radius 3 is 2.80 bits per heavy atom. The Balaban J connectivity index is 1.75. The minimum absolute atomic E-state index is 0.107. The van der Waals surface area contributed by atoms with Gasteiger partial charge in [-0.15, -0.1) is 6.42 Å². The average Bonchev–Trinajstić information content (AvgIpc) is 2.60. The average molecular weight is 338 g/mol. The summed E-state index contributed by atoms with van der Waals surface area (Å²) < 4.78 is 11.2. The number of carbonyl (C=O) groups excluding carboxylic acids is 1. The van der Waals surface area contributed by atoms with E-state index in [0.29, 0.717) is 25.4 Å². The zero-order chi connectivity index (χ0) is 17.9. The highest BCUT2D eigenvalue weighted by Crippen LogP contribution is 2.18. The minimum atomic E-state index is -0.107. The number of rotatable bonds is 9. The highest BCUT2D eigenvalue weighted by atomic mass is 16.5. The smallest absolute Gasteiger partial charge is 0.221 e. The highest BCUT2D eigenvalue weighted by molar-refractivity contribution is 5.88. The molecule has 0 heterocycles. The third-order valence-electron chi connectivity index (χ3n) is 3.30. The van der Waals surface area contributed by atoms with Crippen LogP contribution in [0.15, 0.2) is 48.5 Å². The van der Waals surface area contributed by atoms with Crippen LogP contribution in [0.1, 0.15) is 12.5 Å². The minimum Gasteiger partial charge on any atom is -0.492 e. The molecule has 0 saturated carbocycles. The first-order valence-electron chi connectivity index (χ1n) is 8.04. The first-order valence-corrected chi connectivity index (χ1v) is 8.04. The number of benzene rings is 2. The van der Waals surface area contributed by atoms with Crippen molar-refractivity contribution < 1.29 is 14.3 Å². The maximum atomic E-state index is 11.1. The predicted molar refractivity (Wildman–Crippen MR) is 98.7 cm³/mol. The Hall–Kier alpha value is -2.97. The highest BCUT2D eigenvalue weighted by Gasteiger charge is 2.02. The second-order valence-electron chi connectivity index (χ2n) is 5.33. The number of hydrogen-bond acceptors (Lipinski definition) is 4. The fourth-order valence-corrected chi connectivity index (χ4v) is 2.24. The lowest BCUT2D eigenvalue weighted by atomic mass is 10.2. The van der Waals surface area contributed by atoms with Gasteiger partial charge in [0, 0.05) is 37.3 Å². The molecule has 1 amide bonds. The molecule has 2 aromatic rings. The van der Waals surface area contributed by atoms with E-state index < -0.39 is 0 Å². The molecule has 0 aliphatic heterocycles. The number of amides is 1. The van der Waals surface area contributed by atoms with Crippen LogP contribution in [-0.2, 0) is 11.3 Å². The fraction of sp³-hybridized carbons (Fsp3) is 0.250. The molecule has 0 aromatic heterocycles. The van der Waals surface area contributed by atoms with Gasteiger partial charge in [0.2, 0.25) is 5.91 Å². The zero-order valence-electron chi connectivity index (χ0n) is 14.2. The largest absolute Gasteiger partial charge is 0.492 e. The standard InChI is InChI=1S/C20H22N2O3/c1-3-12-25-20-10-5-4-7-17(20)15-21-11-13-24-19-9-6-8-18(14-19)22-16(2)23/h1,4-10,14,21H,11-13,15H2,2H3,(H,22,23). The number of hydrogen-bond donors (Lipinski definition) is 2. The summed E-state index contributed by atoms with van der Waals surface area (Å²) >= 11 is 0. The van der Waals surface area contributed by atoms with E-state index in [4.69, 9.17) is 15.9 Å². The molecule has 0 spiro atoms. The van der Waals surface area contributed by atoms with Gasteiger partial charge in [-0.1, -0.05) is 30.2 Å². The summed E-state index contributed by atoms with van der Waals surface area (Å²) in [6, 6.07) is 15.1. The lowest BCUT2D eigenvalue weighted by Crippen LogP contribution is -2.21. The molecule has 130 valence electrons. The monoisotopic (exact) mass is 338 g/mol. The summed E-state index contributed by atoms with van der Waals surface area (Å²) in [5.74, 6) is 3.86. The maximum absolute atomic E-state index is 11.1. The van der Waals surface area contributed by atoms with Crippen LogP contribution in [0.25, 0.3) is 0 Å². The lowest BCUT2D eigenvalue weighted by Gasteiger charge is -2.11. The first-order chi connectivity index (χ1) is 12.2. The number of terminal acetylenes is 1. The van der Waals surface area contributed by atoms with E-state index in [1.165, 1.54) is 6.92 Å². The third-order valence-corrected chi connectivity index (χ3v) is 3.30. The van der Waals surface area contributed by atoms with Gasteiger partial charge < -0.3 is 20.1 Å². The van der Waals surface area contributed by atoms with Crippen LogP contribution < -0.4 is 20.1 Å². The van der Waals surface area contributed by atoms with Crippen LogP contribution in [0.3, 0.4) is 0 Å². The number of para-hydroxylation sites is 1. The van der Waals surface area contributed by atoms with E-state index >= 15 is 0 Å². The summed E-state index contributed by atoms with van der Waals surface area (Å²) in [5.41, 5.74) is 1.77. The SMILES string of the molecule is C#CCOc1ccccc1CNCCOc1cccc(NC(C)=O)c1. The lowest BCUT2D eigenvalue weighted by molar-refractivity contribution is -0.114. The van der Waals surface area contributed by atoms with Crippen LogP contribution in [0.4, 0.5) is 5.69 Å². The molecule has 0 aliphatic rings. The van der Waals surface area contributed by atoms with E-state index in [-0.39, 0.29) is 12.5 Å². The Kier molecular flexibility index (Phi) is 7.36. The van der Waals surface area contributed by atoms with Crippen molar-refractivity contribution in [3.8, 4) is 23.8 Å². The van der Waals surface area contributed by atoms with E-state index in [2.05, 4.69) is 16.6 Å². The van der Waals surface area contributed by atoms with Crippen molar-refractivity contribution in [2.75, 3.05) is 25.1 Å². The van der Waals surface area contributed by atoms with Gasteiger partial charge in [0.15, 0.2) is 0 Å². The van der Waals surface area contributed by atoms with E-state index in [1.54, 1.807) is 6.07 Å². The van der Waals surface area contributed by atoms with Gasteiger partial charge in [0.05, 0.1) is 0 Å². The second-order valence-corrected chi connectivity index (χ2v) is 5.33. The van der Waals surface area contributed by atoms with E-state index in [1.807, 2.05) is 42.5 Å². The molecular formula is C20H22N2O3. The van der Waals surface area contributed by atoms with Gasteiger partial charge in [-0.2, -0.15) is 0 Å². The molecule has 0 unspecified atom stereocenters. The first kappa shape index (κ1) is 18.4. The maximum Gasteiger partial charge on any atom is 0.221 e. The van der Waals surface area contributed by atoms with Crippen molar-refractivity contribution in [2.45, 2.75) is 13.5 Å². The Labute approximate surface area is 148 Å². The van der Waals surface area contributed by atoms with Crippen molar-refractivity contribution in [2.24, 2.45) is 0 Å². The third kappa shape index (κ3) is 6.58. The van der Waals surface area contributed by atoms with Crippen molar-refractivity contribution in [1.29, 1.82) is 0 Å². The predicted octanol–water partition coefficient (Wildman–Crippen LogP) is 2.83. The van der Waals surface area contributed by atoms with Crippen molar-refractivity contribution in [3.63, 3.8) is 0 Å². The molecule has 0 radical (unpaired) electrons. The summed E-state index contributed by atoms with van der Waals surface area (Å²) in [6.07, 6.45) is 5.23. The van der Waals surface area contributed by atoms with Crippen LogP contribution in [0, 0.1) is 12.3 Å². The normalized spacial score (nSPS) is 9.92. The van der Waals surface area contributed by atoms with Gasteiger partial charge in [0.1, 0.15) is 24.7 Å². The molecule has 5 nitrogen and oxygen atoms in total. The molecule has 5 heteroatoms. The quantitative estimate of drug-likeness (QED) is 0.545.